The van der Waals surface area contributed by atoms with Crippen LogP contribution in [0.3, 0.4) is 0 Å². The quantitative estimate of drug-likeness (QED) is 0.695. The van der Waals surface area contributed by atoms with Crippen molar-refractivity contribution in [2.75, 3.05) is 26.2 Å². The molecule has 1 atom stereocenters. The lowest BCUT2D eigenvalue weighted by Crippen LogP contribution is -2.49. The number of piperazine rings is 1. The molecule has 0 aromatic heterocycles. The molecule has 29 heavy (non-hydrogen) atoms. The van der Waals surface area contributed by atoms with Crippen molar-refractivity contribution in [3.63, 3.8) is 0 Å². The highest BCUT2D eigenvalue weighted by Gasteiger charge is 2.38. The van der Waals surface area contributed by atoms with E-state index in [2.05, 4.69) is 35.3 Å². The van der Waals surface area contributed by atoms with Gasteiger partial charge in [-0.15, -0.1) is 0 Å². The van der Waals surface area contributed by atoms with Crippen LogP contribution in [0, 0.1) is 6.92 Å². The first kappa shape index (κ1) is 21.3. The maximum Gasteiger partial charge on any atom is 0.303 e. The molecule has 2 aliphatic rings. The Morgan fingerprint density at radius 3 is 2.41 bits per heavy atom. The van der Waals surface area contributed by atoms with Crippen LogP contribution in [0.4, 0.5) is 0 Å². The molecule has 2 saturated heterocycles. The van der Waals surface area contributed by atoms with Gasteiger partial charge in [-0.05, 0) is 37.3 Å². The Hall–Kier alpha value is -2.41. The molecule has 0 spiro atoms. The van der Waals surface area contributed by atoms with Gasteiger partial charge in [-0.3, -0.25) is 19.3 Å². The Bertz CT molecular complexity index is 758. The summed E-state index contributed by atoms with van der Waals surface area (Å²) in [7, 11) is 0. The highest BCUT2D eigenvalue weighted by atomic mass is 16.4. The van der Waals surface area contributed by atoms with E-state index in [4.69, 9.17) is 5.11 Å². The minimum atomic E-state index is -0.873. The van der Waals surface area contributed by atoms with Gasteiger partial charge in [0.25, 0.3) is 0 Å². The van der Waals surface area contributed by atoms with Gasteiger partial charge in [0.05, 0.1) is 0 Å². The second-order valence-corrected chi connectivity index (χ2v) is 8.31. The average Bonchev–Trinajstić information content (AvgIpc) is 3.08. The zero-order valence-corrected chi connectivity index (χ0v) is 17.2. The lowest BCUT2D eigenvalue weighted by Gasteiger charge is -2.36. The zero-order chi connectivity index (χ0) is 20.9. The van der Waals surface area contributed by atoms with Crippen molar-refractivity contribution in [2.45, 2.75) is 57.5 Å². The molecule has 7 heteroatoms. The van der Waals surface area contributed by atoms with E-state index < -0.39 is 11.5 Å². The van der Waals surface area contributed by atoms with Crippen LogP contribution in [-0.4, -0.2) is 64.4 Å². The number of carbonyl (C=O) groups excluding carboxylic acids is 2. The van der Waals surface area contributed by atoms with Gasteiger partial charge in [0, 0.05) is 57.5 Å². The Labute approximate surface area is 172 Å². The maximum atomic E-state index is 12.7. The minimum Gasteiger partial charge on any atom is -0.481 e. The third-order valence-electron chi connectivity index (χ3n) is 6.25. The molecule has 3 rings (SSSR count). The molecule has 1 aromatic rings. The highest BCUT2D eigenvalue weighted by molar-refractivity contribution is 5.80. The maximum absolute atomic E-state index is 12.7. The fourth-order valence-electron chi connectivity index (χ4n) is 4.31. The number of nitrogens with one attached hydrogen (secondary N) is 1. The molecule has 0 saturated carbocycles. The van der Waals surface area contributed by atoms with E-state index in [1.165, 1.54) is 11.1 Å². The molecular formula is C22H31N3O4. The van der Waals surface area contributed by atoms with Crippen molar-refractivity contribution in [3.8, 4) is 0 Å². The van der Waals surface area contributed by atoms with Crippen LogP contribution in [0.25, 0.3) is 0 Å². The summed E-state index contributed by atoms with van der Waals surface area (Å²) in [6.45, 7) is 6.14. The largest absolute Gasteiger partial charge is 0.481 e. The van der Waals surface area contributed by atoms with Crippen molar-refractivity contribution >= 4 is 17.8 Å². The van der Waals surface area contributed by atoms with Crippen LogP contribution in [0.15, 0.2) is 24.3 Å². The number of carboxylic acids is 1. The molecule has 1 aromatic carbocycles. The number of aliphatic carboxylic acids is 1. The first-order valence-electron chi connectivity index (χ1n) is 10.4. The van der Waals surface area contributed by atoms with Crippen molar-refractivity contribution in [1.82, 2.24) is 15.1 Å². The number of rotatable bonds is 8. The summed E-state index contributed by atoms with van der Waals surface area (Å²) in [6.07, 6.45) is 2.26. The summed E-state index contributed by atoms with van der Waals surface area (Å²) in [4.78, 5) is 39.6. The molecular weight excluding hydrogens is 370 g/mol. The van der Waals surface area contributed by atoms with Gasteiger partial charge in [0.2, 0.25) is 11.8 Å². The van der Waals surface area contributed by atoms with E-state index in [1.54, 1.807) is 0 Å². The molecule has 0 radical (unpaired) electrons. The Morgan fingerprint density at radius 1 is 1.10 bits per heavy atom. The monoisotopic (exact) mass is 401 g/mol. The van der Waals surface area contributed by atoms with E-state index in [0.717, 1.165) is 19.6 Å². The van der Waals surface area contributed by atoms with Gasteiger partial charge in [-0.1, -0.05) is 24.3 Å². The summed E-state index contributed by atoms with van der Waals surface area (Å²) < 4.78 is 0. The van der Waals surface area contributed by atoms with Crippen LogP contribution < -0.4 is 5.32 Å². The summed E-state index contributed by atoms with van der Waals surface area (Å²) >= 11 is 0. The highest BCUT2D eigenvalue weighted by Crippen LogP contribution is 2.30. The molecule has 2 aliphatic heterocycles. The lowest BCUT2D eigenvalue weighted by atomic mass is 9.86. The molecule has 2 fully saturated rings. The van der Waals surface area contributed by atoms with Crippen LogP contribution >= 0.6 is 0 Å². The van der Waals surface area contributed by atoms with Gasteiger partial charge in [-0.2, -0.15) is 0 Å². The smallest absolute Gasteiger partial charge is 0.303 e. The number of benzene rings is 1. The number of nitrogens with zero attached hydrogens (tertiary/aromatic N) is 2. The SMILES string of the molecule is Cc1ccccc1CN1CCN(C(=O)CCC2(CCC(=O)O)CCC(=O)N2)CC1. The van der Waals surface area contributed by atoms with Crippen LogP contribution in [0.1, 0.15) is 49.7 Å². The predicted molar refractivity (Wildman–Crippen MR) is 109 cm³/mol. The predicted octanol–water partition coefficient (Wildman–Crippen LogP) is 1.93. The van der Waals surface area contributed by atoms with Gasteiger partial charge >= 0.3 is 5.97 Å². The van der Waals surface area contributed by atoms with E-state index in [9.17, 15) is 14.4 Å². The number of carboxylic acid groups (broad SMARTS) is 1. The van der Waals surface area contributed by atoms with Crippen molar-refractivity contribution < 1.29 is 19.5 Å². The summed E-state index contributed by atoms with van der Waals surface area (Å²) in [6, 6.07) is 8.38. The van der Waals surface area contributed by atoms with E-state index in [0.29, 0.717) is 45.2 Å². The third kappa shape index (κ3) is 5.79. The van der Waals surface area contributed by atoms with Gasteiger partial charge in [0.15, 0.2) is 0 Å². The molecule has 0 aliphatic carbocycles. The van der Waals surface area contributed by atoms with E-state index >= 15 is 0 Å². The lowest BCUT2D eigenvalue weighted by molar-refractivity contribution is -0.137. The van der Waals surface area contributed by atoms with Gasteiger partial charge in [-0.25, -0.2) is 0 Å². The molecule has 2 amide bonds. The number of carbonyl (C=O) groups is 3. The Kier molecular flexibility index (Phi) is 6.90. The normalized spacial score (nSPS) is 22.5. The molecule has 2 N–H and O–H groups in total. The van der Waals surface area contributed by atoms with E-state index in [-0.39, 0.29) is 18.2 Å². The Balaban J connectivity index is 1.47. The van der Waals surface area contributed by atoms with Gasteiger partial charge in [0.1, 0.15) is 0 Å². The van der Waals surface area contributed by atoms with Crippen molar-refractivity contribution in [2.24, 2.45) is 0 Å². The van der Waals surface area contributed by atoms with Crippen LogP contribution in [0.2, 0.25) is 0 Å². The summed E-state index contributed by atoms with van der Waals surface area (Å²) in [5.74, 6) is -0.828. The molecule has 158 valence electrons. The Morgan fingerprint density at radius 2 is 1.79 bits per heavy atom. The molecule has 7 nitrogen and oxygen atoms in total. The second kappa shape index (κ2) is 9.39. The summed E-state index contributed by atoms with van der Waals surface area (Å²) in [5, 5.41) is 11.9. The molecule has 0 bridgehead atoms. The van der Waals surface area contributed by atoms with E-state index in [1.807, 2.05) is 11.0 Å². The van der Waals surface area contributed by atoms with Crippen LogP contribution in [0.5, 0.6) is 0 Å². The first-order valence-corrected chi connectivity index (χ1v) is 10.4. The number of aryl methyl sites for hydroxylation is 1. The third-order valence-corrected chi connectivity index (χ3v) is 6.25. The molecule has 2 heterocycles. The fourth-order valence-corrected chi connectivity index (χ4v) is 4.31. The number of amides is 2. The average molecular weight is 402 g/mol. The first-order chi connectivity index (χ1) is 13.9. The van der Waals surface area contributed by atoms with Crippen LogP contribution in [-0.2, 0) is 20.9 Å². The standard InChI is InChI=1S/C22H31N3O4/c1-17-4-2-3-5-18(17)16-24-12-14-25(15-13-24)20(27)7-10-22(11-8-21(28)29)9-6-19(26)23-22/h2-5H,6-16H2,1H3,(H,23,26)(H,28,29). The minimum absolute atomic E-state index is 0.00600. The zero-order valence-electron chi connectivity index (χ0n) is 17.2. The van der Waals surface area contributed by atoms with Gasteiger partial charge < -0.3 is 15.3 Å². The number of hydrogen-bond acceptors (Lipinski definition) is 4. The van der Waals surface area contributed by atoms with Crippen molar-refractivity contribution in [1.29, 1.82) is 0 Å². The summed E-state index contributed by atoms with van der Waals surface area (Å²) in [5.41, 5.74) is 2.07. The number of hydrogen-bond donors (Lipinski definition) is 2. The fraction of sp³-hybridized carbons (Fsp3) is 0.591. The second-order valence-electron chi connectivity index (χ2n) is 8.31. The van der Waals surface area contributed by atoms with Crippen molar-refractivity contribution in [3.05, 3.63) is 35.4 Å². The molecule has 1 unspecified atom stereocenters. The topological polar surface area (TPSA) is 90.0 Å².